The maximum Gasteiger partial charge on any atom is 0.573 e. The molecule has 0 saturated heterocycles. The molecule has 1 aromatic heterocycles. The molecule has 0 spiro atoms. The van der Waals surface area contributed by atoms with E-state index in [1.807, 2.05) is 0 Å². The van der Waals surface area contributed by atoms with Crippen LogP contribution in [-0.4, -0.2) is 24.5 Å². The van der Waals surface area contributed by atoms with Crippen molar-refractivity contribution in [3.63, 3.8) is 0 Å². The Morgan fingerprint density at radius 3 is 2.79 bits per heavy atom. The smallest absolute Gasteiger partial charge is 0.406 e. The monoisotopic (exact) mass is 291 g/mol. The molecule has 1 aromatic carbocycles. The van der Waals surface area contributed by atoms with Crippen LogP contribution in [0.15, 0.2) is 18.2 Å². The number of likely N-dealkylation sites (N-methyl/N-ethyl adjacent to an activating group) is 1. The predicted octanol–water partition coefficient (Wildman–Crippen LogP) is 2.30. The molecule has 2 rings (SSSR count). The second kappa shape index (κ2) is 5.22. The van der Waals surface area contributed by atoms with Crippen molar-refractivity contribution in [1.29, 1.82) is 5.41 Å². The number of hydrogen-bond acceptors (Lipinski definition) is 4. The van der Waals surface area contributed by atoms with Crippen LogP contribution in [-0.2, 0) is 6.54 Å². The molecule has 1 heterocycles. The van der Waals surface area contributed by atoms with E-state index in [0.717, 1.165) is 16.9 Å². The number of halogens is 3. The number of rotatable bonds is 4. The summed E-state index contributed by atoms with van der Waals surface area (Å²) < 4.78 is 42.6. The van der Waals surface area contributed by atoms with Crippen molar-refractivity contribution in [3.05, 3.63) is 23.0 Å². The normalized spacial score (nSPS) is 12.0. The minimum atomic E-state index is -4.70. The second-order valence-electron chi connectivity index (χ2n) is 3.84. The molecular formula is C11H12F3N3OS. The zero-order valence-corrected chi connectivity index (χ0v) is 10.9. The van der Waals surface area contributed by atoms with Crippen molar-refractivity contribution in [3.8, 4) is 5.75 Å². The molecule has 4 nitrogen and oxygen atoms in total. The fraction of sp³-hybridized carbons (Fsp3) is 0.364. The topological polar surface area (TPSA) is 50.0 Å². The molecule has 0 aliphatic carbocycles. The largest absolute Gasteiger partial charge is 0.573 e. The van der Waals surface area contributed by atoms with Crippen LogP contribution in [0.4, 0.5) is 13.2 Å². The first-order chi connectivity index (χ1) is 8.90. The summed E-state index contributed by atoms with van der Waals surface area (Å²) >= 11 is 1.12. The third kappa shape index (κ3) is 3.27. The lowest BCUT2D eigenvalue weighted by atomic mass is 10.3. The first kappa shape index (κ1) is 13.9. The van der Waals surface area contributed by atoms with E-state index in [2.05, 4.69) is 10.1 Å². The molecule has 0 aliphatic heterocycles. The maximum absolute atomic E-state index is 12.1. The quantitative estimate of drug-likeness (QED) is 0.908. The van der Waals surface area contributed by atoms with Crippen molar-refractivity contribution < 1.29 is 17.9 Å². The van der Waals surface area contributed by atoms with Gasteiger partial charge in [0.25, 0.3) is 0 Å². The Labute approximate surface area is 110 Å². The zero-order chi connectivity index (χ0) is 14.0. The molecule has 8 heteroatoms. The lowest BCUT2D eigenvalue weighted by molar-refractivity contribution is -0.274. The van der Waals surface area contributed by atoms with Gasteiger partial charge in [-0.3, -0.25) is 5.41 Å². The highest BCUT2D eigenvalue weighted by atomic mass is 32.1. The van der Waals surface area contributed by atoms with Crippen molar-refractivity contribution in [2.24, 2.45) is 0 Å². The minimum Gasteiger partial charge on any atom is -0.406 e. The molecule has 19 heavy (non-hydrogen) atoms. The third-order valence-electron chi connectivity index (χ3n) is 2.49. The number of ether oxygens (including phenoxy) is 1. The van der Waals surface area contributed by atoms with Gasteiger partial charge in [0, 0.05) is 13.1 Å². The van der Waals surface area contributed by atoms with E-state index in [0.29, 0.717) is 22.6 Å². The van der Waals surface area contributed by atoms with Crippen molar-refractivity contribution >= 4 is 21.6 Å². The van der Waals surface area contributed by atoms with Gasteiger partial charge in [-0.05, 0) is 25.2 Å². The number of alkyl halides is 3. The average molecular weight is 291 g/mol. The molecule has 0 saturated carbocycles. The fourth-order valence-electron chi connectivity index (χ4n) is 1.71. The molecule has 0 aliphatic rings. The van der Waals surface area contributed by atoms with Gasteiger partial charge in [-0.2, -0.15) is 0 Å². The number of nitrogens with one attached hydrogen (secondary N) is 2. The number of hydrogen-bond donors (Lipinski definition) is 2. The molecule has 0 radical (unpaired) electrons. The van der Waals surface area contributed by atoms with Gasteiger partial charge >= 0.3 is 6.36 Å². The number of nitrogens with zero attached hydrogens (tertiary/aromatic N) is 1. The van der Waals surface area contributed by atoms with Crippen LogP contribution in [0.3, 0.4) is 0 Å². The van der Waals surface area contributed by atoms with Crippen molar-refractivity contribution in [1.82, 2.24) is 9.88 Å². The molecule has 104 valence electrons. The third-order valence-corrected chi connectivity index (χ3v) is 3.45. The van der Waals surface area contributed by atoms with E-state index >= 15 is 0 Å². The summed E-state index contributed by atoms with van der Waals surface area (Å²) in [5.41, 5.74) is 0.736. The van der Waals surface area contributed by atoms with Crippen LogP contribution in [0.2, 0.25) is 0 Å². The van der Waals surface area contributed by atoms with Crippen LogP contribution >= 0.6 is 11.3 Å². The van der Waals surface area contributed by atoms with Crippen LogP contribution in [0.5, 0.6) is 5.75 Å². The summed E-state index contributed by atoms with van der Waals surface area (Å²) in [5.74, 6) is -0.262. The SMILES string of the molecule is CNCCn1c(=N)sc2cc(OC(F)(F)F)ccc21. The molecule has 2 aromatic rings. The van der Waals surface area contributed by atoms with E-state index in [1.54, 1.807) is 17.7 Å². The Morgan fingerprint density at radius 2 is 2.16 bits per heavy atom. The summed E-state index contributed by atoms with van der Waals surface area (Å²) in [7, 11) is 1.80. The van der Waals surface area contributed by atoms with Gasteiger partial charge in [-0.15, -0.1) is 13.2 Å². The Bertz CT molecular complexity index is 632. The molecular weight excluding hydrogens is 279 g/mol. The second-order valence-corrected chi connectivity index (χ2v) is 4.87. The van der Waals surface area contributed by atoms with E-state index in [9.17, 15) is 13.2 Å². The van der Waals surface area contributed by atoms with Gasteiger partial charge in [-0.25, -0.2) is 0 Å². The number of benzene rings is 1. The fourth-order valence-corrected chi connectivity index (χ4v) is 2.68. The highest BCUT2D eigenvalue weighted by molar-refractivity contribution is 7.16. The lowest BCUT2D eigenvalue weighted by Crippen LogP contribution is -2.21. The van der Waals surface area contributed by atoms with E-state index in [1.165, 1.54) is 12.1 Å². The summed E-state index contributed by atoms with van der Waals surface area (Å²) in [6.45, 7) is 1.28. The number of fused-ring (bicyclic) bond motifs is 1. The first-order valence-electron chi connectivity index (χ1n) is 5.49. The Hall–Kier alpha value is -1.54. The molecule has 2 N–H and O–H groups in total. The van der Waals surface area contributed by atoms with Gasteiger partial charge in [0.1, 0.15) is 5.75 Å². The molecule has 0 atom stereocenters. The summed E-state index contributed by atoms with van der Waals surface area (Å²) in [5, 5.41) is 10.8. The highest BCUT2D eigenvalue weighted by Crippen LogP contribution is 2.27. The van der Waals surface area contributed by atoms with Crippen LogP contribution in [0, 0.1) is 5.41 Å². The van der Waals surface area contributed by atoms with Crippen molar-refractivity contribution in [2.45, 2.75) is 12.9 Å². The van der Waals surface area contributed by atoms with E-state index < -0.39 is 6.36 Å². The van der Waals surface area contributed by atoms with Gasteiger partial charge in [0.2, 0.25) is 0 Å². The van der Waals surface area contributed by atoms with Gasteiger partial charge < -0.3 is 14.6 Å². The predicted molar refractivity (Wildman–Crippen MR) is 66.3 cm³/mol. The maximum atomic E-state index is 12.1. The molecule has 0 amide bonds. The summed E-state index contributed by atoms with van der Waals surface area (Å²) in [6.07, 6.45) is -4.70. The Morgan fingerprint density at radius 1 is 1.42 bits per heavy atom. The lowest BCUT2D eigenvalue weighted by Gasteiger charge is -2.09. The van der Waals surface area contributed by atoms with Gasteiger partial charge in [0.15, 0.2) is 4.80 Å². The Kier molecular flexibility index (Phi) is 3.81. The number of aromatic nitrogens is 1. The summed E-state index contributed by atoms with van der Waals surface area (Å²) in [4.78, 5) is 0.300. The highest BCUT2D eigenvalue weighted by Gasteiger charge is 2.31. The first-order valence-corrected chi connectivity index (χ1v) is 6.30. The minimum absolute atomic E-state index is 0.262. The zero-order valence-electron chi connectivity index (χ0n) is 10.0. The van der Waals surface area contributed by atoms with Gasteiger partial charge in [-0.1, -0.05) is 11.3 Å². The van der Waals surface area contributed by atoms with Crippen LogP contribution in [0.25, 0.3) is 10.2 Å². The van der Waals surface area contributed by atoms with E-state index in [4.69, 9.17) is 5.41 Å². The molecule has 0 bridgehead atoms. The summed E-state index contributed by atoms with van der Waals surface area (Å²) in [6, 6.07) is 4.11. The van der Waals surface area contributed by atoms with Crippen LogP contribution in [0.1, 0.15) is 0 Å². The standard InChI is InChI=1S/C11H12F3N3OS/c1-16-4-5-17-8-3-2-7(18-11(12,13)14)6-9(8)19-10(17)15/h2-3,6,15-16H,4-5H2,1H3. The Balaban J connectivity index is 2.37. The van der Waals surface area contributed by atoms with Gasteiger partial charge in [0.05, 0.1) is 10.2 Å². The molecule has 0 fully saturated rings. The number of thiazole rings is 1. The molecule has 0 unspecified atom stereocenters. The average Bonchev–Trinajstić information content (AvgIpc) is 2.59. The van der Waals surface area contributed by atoms with Crippen LogP contribution < -0.4 is 14.9 Å². The van der Waals surface area contributed by atoms with E-state index in [-0.39, 0.29) is 5.75 Å². The van der Waals surface area contributed by atoms with Crippen molar-refractivity contribution in [2.75, 3.05) is 13.6 Å².